The zero-order valence-electron chi connectivity index (χ0n) is 14.3. The molecule has 0 N–H and O–H groups in total. The van der Waals surface area contributed by atoms with Gasteiger partial charge in [0.2, 0.25) is 6.23 Å². The van der Waals surface area contributed by atoms with E-state index in [1.165, 1.54) is 4.90 Å². The number of rotatable bonds is 2. The third kappa shape index (κ3) is 2.75. The number of carbonyl (C=O) groups excluding carboxylic acids is 2. The van der Waals surface area contributed by atoms with Gasteiger partial charge in [0.05, 0.1) is 5.56 Å². The molecule has 4 heteroatoms. The van der Waals surface area contributed by atoms with Crippen molar-refractivity contribution in [3.05, 3.63) is 101 Å². The molecule has 1 heterocycles. The van der Waals surface area contributed by atoms with Crippen LogP contribution in [0.4, 0.5) is 0 Å². The van der Waals surface area contributed by atoms with Crippen molar-refractivity contribution in [2.45, 2.75) is 13.2 Å². The fourth-order valence-corrected chi connectivity index (χ4v) is 3.02. The van der Waals surface area contributed by atoms with Crippen molar-refractivity contribution in [2.75, 3.05) is 0 Å². The van der Waals surface area contributed by atoms with E-state index in [2.05, 4.69) is 0 Å². The van der Waals surface area contributed by atoms with Crippen LogP contribution in [0.2, 0.25) is 0 Å². The average molecular weight is 343 g/mol. The summed E-state index contributed by atoms with van der Waals surface area (Å²) in [5, 5.41) is 0. The Hall–Kier alpha value is -3.40. The monoisotopic (exact) mass is 343 g/mol. The van der Waals surface area contributed by atoms with Crippen molar-refractivity contribution in [2.24, 2.45) is 0 Å². The van der Waals surface area contributed by atoms with Crippen LogP contribution in [0.5, 0.6) is 5.75 Å². The van der Waals surface area contributed by atoms with Gasteiger partial charge in [-0.2, -0.15) is 0 Å². The summed E-state index contributed by atoms with van der Waals surface area (Å²) >= 11 is 0. The number of aryl methyl sites for hydroxylation is 1. The molecule has 1 aliphatic heterocycles. The Morgan fingerprint density at radius 1 is 0.885 bits per heavy atom. The first kappa shape index (κ1) is 16.1. The van der Waals surface area contributed by atoms with Crippen LogP contribution in [-0.2, 0) is 0 Å². The number of amides is 2. The molecule has 0 unspecified atom stereocenters. The number of ether oxygens (including phenoxy) is 1. The Kier molecular flexibility index (Phi) is 4.01. The van der Waals surface area contributed by atoms with E-state index in [0.29, 0.717) is 16.9 Å². The minimum absolute atomic E-state index is 0.355. The number of carbonyl (C=O) groups is 2. The van der Waals surface area contributed by atoms with Crippen molar-refractivity contribution in [3.63, 3.8) is 0 Å². The van der Waals surface area contributed by atoms with E-state index in [0.717, 1.165) is 11.1 Å². The number of nitrogens with zero attached hydrogens (tertiary/aromatic N) is 1. The van der Waals surface area contributed by atoms with Gasteiger partial charge >= 0.3 is 0 Å². The average Bonchev–Trinajstić information content (AvgIpc) is 2.69. The van der Waals surface area contributed by atoms with Crippen molar-refractivity contribution in [3.8, 4) is 5.75 Å². The molecule has 0 bridgehead atoms. The predicted molar refractivity (Wildman–Crippen MR) is 97.9 cm³/mol. The molecule has 3 aromatic rings. The van der Waals surface area contributed by atoms with E-state index in [4.69, 9.17) is 4.74 Å². The molecule has 0 spiro atoms. The Morgan fingerprint density at radius 3 is 2.27 bits per heavy atom. The van der Waals surface area contributed by atoms with E-state index < -0.39 is 6.23 Å². The van der Waals surface area contributed by atoms with Crippen LogP contribution in [0.25, 0.3) is 0 Å². The van der Waals surface area contributed by atoms with E-state index in [-0.39, 0.29) is 11.8 Å². The van der Waals surface area contributed by atoms with Gasteiger partial charge < -0.3 is 4.74 Å². The summed E-state index contributed by atoms with van der Waals surface area (Å²) in [6, 6.07) is 23.4. The lowest BCUT2D eigenvalue weighted by Gasteiger charge is -2.35. The number of fused-ring (bicyclic) bond motifs is 1. The Bertz CT molecular complexity index is 964. The van der Waals surface area contributed by atoms with Crippen LogP contribution in [-0.4, -0.2) is 16.7 Å². The van der Waals surface area contributed by atoms with Gasteiger partial charge in [0, 0.05) is 11.1 Å². The minimum Gasteiger partial charge on any atom is -0.465 e. The molecule has 4 nitrogen and oxygen atoms in total. The fourth-order valence-electron chi connectivity index (χ4n) is 3.02. The second kappa shape index (κ2) is 6.48. The van der Waals surface area contributed by atoms with Crippen LogP contribution in [0, 0.1) is 6.92 Å². The summed E-state index contributed by atoms with van der Waals surface area (Å²) in [7, 11) is 0. The van der Waals surface area contributed by atoms with E-state index >= 15 is 0 Å². The lowest BCUT2D eigenvalue weighted by atomic mass is 10.0. The molecule has 0 saturated heterocycles. The van der Waals surface area contributed by atoms with Gasteiger partial charge in [-0.1, -0.05) is 60.2 Å². The molecule has 2 amide bonds. The first-order valence-corrected chi connectivity index (χ1v) is 8.40. The zero-order chi connectivity index (χ0) is 18.1. The summed E-state index contributed by atoms with van der Waals surface area (Å²) in [5.41, 5.74) is 2.68. The largest absolute Gasteiger partial charge is 0.465 e. The number of para-hydroxylation sites is 1. The molecule has 1 aliphatic rings. The fraction of sp³-hybridized carbons (Fsp3) is 0.0909. The Labute approximate surface area is 151 Å². The number of benzene rings is 3. The molecule has 1 atom stereocenters. The summed E-state index contributed by atoms with van der Waals surface area (Å²) in [6.07, 6.45) is -0.800. The summed E-state index contributed by atoms with van der Waals surface area (Å²) < 4.78 is 6.07. The van der Waals surface area contributed by atoms with Gasteiger partial charge in [-0.05, 0) is 31.2 Å². The molecule has 128 valence electrons. The van der Waals surface area contributed by atoms with Gasteiger partial charge in [0.1, 0.15) is 5.75 Å². The highest BCUT2D eigenvalue weighted by Gasteiger charge is 2.39. The van der Waals surface area contributed by atoms with Gasteiger partial charge in [-0.3, -0.25) is 9.59 Å². The molecule has 0 aromatic heterocycles. The Balaban J connectivity index is 1.82. The van der Waals surface area contributed by atoms with Crippen LogP contribution >= 0.6 is 0 Å². The van der Waals surface area contributed by atoms with Gasteiger partial charge in [0.15, 0.2) is 0 Å². The third-order valence-corrected chi connectivity index (χ3v) is 4.41. The van der Waals surface area contributed by atoms with Gasteiger partial charge in [-0.15, -0.1) is 0 Å². The van der Waals surface area contributed by atoms with Gasteiger partial charge in [-0.25, -0.2) is 4.90 Å². The molecular formula is C22H17NO3. The second-order valence-corrected chi connectivity index (χ2v) is 6.22. The maximum atomic E-state index is 13.1. The van der Waals surface area contributed by atoms with Gasteiger partial charge in [0.25, 0.3) is 11.8 Å². The smallest absolute Gasteiger partial charge is 0.267 e. The first-order chi connectivity index (χ1) is 12.6. The molecule has 0 fully saturated rings. The first-order valence-electron chi connectivity index (χ1n) is 8.40. The Morgan fingerprint density at radius 2 is 1.54 bits per heavy atom. The summed E-state index contributed by atoms with van der Waals surface area (Å²) in [6.45, 7) is 1.98. The molecule has 0 aliphatic carbocycles. The quantitative estimate of drug-likeness (QED) is 0.649. The third-order valence-electron chi connectivity index (χ3n) is 4.41. The summed E-state index contributed by atoms with van der Waals surface area (Å²) in [4.78, 5) is 27.4. The lowest BCUT2D eigenvalue weighted by Crippen LogP contribution is -2.45. The molecule has 0 saturated carbocycles. The highest BCUT2D eigenvalue weighted by molar-refractivity contribution is 6.12. The number of hydrogen-bond donors (Lipinski definition) is 0. The van der Waals surface area contributed by atoms with Crippen LogP contribution in [0.1, 0.15) is 38.1 Å². The van der Waals surface area contributed by atoms with Crippen molar-refractivity contribution < 1.29 is 14.3 Å². The lowest BCUT2D eigenvalue weighted by molar-refractivity contribution is 0.0107. The highest BCUT2D eigenvalue weighted by atomic mass is 16.5. The molecule has 0 radical (unpaired) electrons. The molecule has 3 aromatic carbocycles. The number of hydrogen-bond acceptors (Lipinski definition) is 3. The van der Waals surface area contributed by atoms with Crippen molar-refractivity contribution in [1.82, 2.24) is 4.90 Å². The zero-order valence-corrected chi connectivity index (χ0v) is 14.3. The van der Waals surface area contributed by atoms with E-state index in [1.54, 1.807) is 42.5 Å². The normalized spacial score (nSPS) is 16.0. The van der Waals surface area contributed by atoms with Crippen molar-refractivity contribution >= 4 is 11.8 Å². The van der Waals surface area contributed by atoms with Crippen LogP contribution in [0.15, 0.2) is 78.9 Å². The highest BCUT2D eigenvalue weighted by Crippen LogP contribution is 2.36. The SMILES string of the molecule is Cc1ccc([C@H]2Oc3ccccc3C(=O)N2C(=O)c2ccccc2)cc1. The van der Waals surface area contributed by atoms with Crippen LogP contribution < -0.4 is 4.74 Å². The maximum absolute atomic E-state index is 13.1. The topological polar surface area (TPSA) is 46.6 Å². The maximum Gasteiger partial charge on any atom is 0.267 e. The summed E-state index contributed by atoms with van der Waals surface area (Å²) in [5.74, 6) is -0.248. The number of imide groups is 1. The minimum atomic E-state index is -0.800. The van der Waals surface area contributed by atoms with Crippen LogP contribution in [0.3, 0.4) is 0 Å². The molecule has 4 rings (SSSR count). The second-order valence-electron chi connectivity index (χ2n) is 6.22. The standard InChI is InChI=1S/C22H17NO3/c1-15-11-13-17(14-12-15)22-23(20(24)16-7-3-2-4-8-16)21(25)18-9-5-6-10-19(18)26-22/h2-14,22H,1H3/t22-/m1/s1. The van der Waals surface area contributed by atoms with E-state index in [1.807, 2.05) is 43.3 Å². The molecular weight excluding hydrogens is 326 g/mol. The van der Waals surface area contributed by atoms with E-state index in [9.17, 15) is 9.59 Å². The molecule has 26 heavy (non-hydrogen) atoms. The van der Waals surface area contributed by atoms with Crippen molar-refractivity contribution in [1.29, 1.82) is 0 Å². The predicted octanol–water partition coefficient (Wildman–Crippen LogP) is 4.37.